The van der Waals surface area contributed by atoms with Crippen LogP contribution >= 0.6 is 0 Å². The van der Waals surface area contributed by atoms with Crippen molar-refractivity contribution in [3.05, 3.63) is 101 Å². The second kappa shape index (κ2) is 12.3. The largest absolute Gasteiger partial charge is 0.496 e. The standard InChI is InChI=1S/C34H26F2N6O4/c1-45-30-12-20(17-38)2-3-22(30)18-46-33-39-11-6-27(41-33)24-16-25(35)23(13-26(24)36)15-31-40-28-5-4-21(32(43)44)14-29(28)42(31)19-34(7-8-34)9-10-37/h2-6,11-14,16H,7-9,15,18-19H2,1H3,(H,43,44). The third-order valence-electron chi connectivity index (χ3n) is 8.15. The fraction of sp³-hybridized carbons (Fsp3) is 0.235. The van der Waals surface area contributed by atoms with Gasteiger partial charge in [0, 0.05) is 42.1 Å². The predicted octanol–water partition coefficient (Wildman–Crippen LogP) is 6.21. The summed E-state index contributed by atoms with van der Waals surface area (Å²) in [4.78, 5) is 24.7. The van der Waals surface area contributed by atoms with Gasteiger partial charge in [0.25, 0.3) is 0 Å². The summed E-state index contributed by atoms with van der Waals surface area (Å²) in [5, 5.41) is 28.0. The van der Waals surface area contributed by atoms with Crippen LogP contribution in [0.5, 0.6) is 11.8 Å². The molecule has 12 heteroatoms. The SMILES string of the molecule is COc1cc(C#N)ccc1COc1nccc(-c2cc(F)c(Cc3nc4ccc(C(=O)O)cc4n3CC3(CC#N)CC3)cc2F)n1. The van der Waals surface area contributed by atoms with Gasteiger partial charge in [-0.3, -0.25) is 0 Å². The van der Waals surface area contributed by atoms with E-state index in [0.717, 1.165) is 25.0 Å². The third kappa shape index (κ3) is 6.06. The lowest BCUT2D eigenvalue weighted by atomic mass is 10.0. The maximum Gasteiger partial charge on any atom is 0.335 e. The first-order valence-corrected chi connectivity index (χ1v) is 14.3. The Morgan fingerprint density at radius 1 is 1.04 bits per heavy atom. The van der Waals surface area contributed by atoms with E-state index in [1.807, 2.05) is 10.6 Å². The van der Waals surface area contributed by atoms with Crippen LogP contribution in [0.25, 0.3) is 22.3 Å². The zero-order chi connectivity index (χ0) is 32.4. The minimum atomic E-state index is -1.09. The van der Waals surface area contributed by atoms with Crippen LogP contribution in [0.15, 0.2) is 60.8 Å². The molecule has 0 unspecified atom stereocenters. The Kier molecular flexibility index (Phi) is 8.03. The van der Waals surface area contributed by atoms with Crippen molar-refractivity contribution in [2.24, 2.45) is 5.41 Å². The van der Waals surface area contributed by atoms with E-state index in [4.69, 9.17) is 14.7 Å². The Bertz CT molecular complexity index is 2080. The van der Waals surface area contributed by atoms with Crippen LogP contribution in [0.2, 0.25) is 0 Å². The molecule has 1 aliphatic rings. The van der Waals surface area contributed by atoms with E-state index < -0.39 is 17.6 Å². The highest BCUT2D eigenvalue weighted by atomic mass is 19.1. The summed E-state index contributed by atoms with van der Waals surface area (Å²) < 4.78 is 44.0. The maximum absolute atomic E-state index is 15.6. The molecule has 1 aliphatic carbocycles. The van der Waals surface area contributed by atoms with Crippen LogP contribution in [0.4, 0.5) is 8.78 Å². The summed E-state index contributed by atoms with van der Waals surface area (Å²) in [7, 11) is 1.47. The number of methoxy groups -OCH3 is 1. The van der Waals surface area contributed by atoms with E-state index in [1.165, 1.54) is 31.5 Å². The summed E-state index contributed by atoms with van der Waals surface area (Å²) in [5.74, 6) is -1.60. The van der Waals surface area contributed by atoms with Gasteiger partial charge in [-0.15, -0.1) is 0 Å². The first-order valence-electron chi connectivity index (χ1n) is 14.3. The van der Waals surface area contributed by atoms with E-state index in [0.29, 0.717) is 46.7 Å². The van der Waals surface area contributed by atoms with Gasteiger partial charge in [0.2, 0.25) is 0 Å². The Hall–Kier alpha value is -5.88. The summed E-state index contributed by atoms with van der Waals surface area (Å²) >= 11 is 0. The number of carboxylic acid groups (broad SMARTS) is 1. The molecule has 1 fully saturated rings. The van der Waals surface area contributed by atoms with Gasteiger partial charge in [-0.1, -0.05) is 6.07 Å². The summed E-state index contributed by atoms with van der Waals surface area (Å²) in [6.45, 7) is 0.425. The lowest BCUT2D eigenvalue weighted by Crippen LogP contribution is -2.15. The molecule has 2 aromatic heterocycles. The highest BCUT2D eigenvalue weighted by molar-refractivity contribution is 5.92. The van der Waals surface area contributed by atoms with Gasteiger partial charge in [0.05, 0.1) is 47.1 Å². The van der Waals surface area contributed by atoms with Gasteiger partial charge in [-0.05, 0) is 66.9 Å². The van der Waals surface area contributed by atoms with Crippen molar-refractivity contribution in [3.63, 3.8) is 0 Å². The summed E-state index contributed by atoms with van der Waals surface area (Å²) in [6, 6.07) is 17.2. The Labute approximate surface area is 262 Å². The van der Waals surface area contributed by atoms with Gasteiger partial charge in [-0.25, -0.2) is 23.5 Å². The smallest absolute Gasteiger partial charge is 0.335 e. The lowest BCUT2D eigenvalue weighted by Gasteiger charge is -2.16. The van der Waals surface area contributed by atoms with Crippen molar-refractivity contribution >= 4 is 17.0 Å². The van der Waals surface area contributed by atoms with Crippen LogP contribution in [0, 0.1) is 39.7 Å². The molecule has 0 atom stereocenters. The van der Waals surface area contributed by atoms with E-state index in [-0.39, 0.29) is 46.8 Å². The molecule has 0 aliphatic heterocycles. The zero-order valence-electron chi connectivity index (χ0n) is 24.6. The van der Waals surface area contributed by atoms with Crippen molar-refractivity contribution in [1.82, 2.24) is 19.5 Å². The number of fused-ring (bicyclic) bond motifs is 1. The Morgan fingerprint density at radius 3 is 2.59 bits per heavy atom. The third-order valence-corrected chi connectivity index (χ3v) is 8.15. The molecule has 0 spiro atoms. The molecule has 0 bridgehead atoms. The second-order valence-corrected chi connectivity index (χ2v) is 11.2. The van der Waals surface area contributed by atoms with Crippen molar-refractivity contribution in [2.75, 3.05) is 7.11 Å². The highest BCUT2D eigenvalue weighted by Crippen LogP contribution is 2.50. The maximum atomic E-state index is 15.6. The molecule has 0 radical (unpaired) electrons. The summed E-state index contributed by atoms with van der Waals surface area (Å²) in [6.07, 6.45) is 3.31. The molecular weight excluding hydrogens is 594 g/mol. The number of rotatable bonds is 11. The van der Waals surface area contributed by atoms with Crippen LogP contribution in [-0.2, 0) is 19.6 Å². The number of hydrogen-bond acceptors (Lipinski definition) is 8. The van der Waals surface area contributed by atoms with E-state index in [9.17, 15) is 15.2 Å². The van der Waals surface area contributed by atoms with E-state index >= 15 is 8.78 Å². The highest BCUT2D eigenvalue weighted by Gasteiger charge is 2.43. The fourth-order valence-electron chi connectivity index (χ4n) is 5.41. The van der Waals surface area contributed by atoms with Crippen LogP contribution in [-0.4, -0.2) is 37.7 Å². The number of benzene rings is 3. The number of aromatic carboxylic acids is 1. The molecule has 0 amide bonds. The minimum Gasteiger partial charge on any atom is -0.496 e. The number of carboxylic acids is 1. The number of ether oxygens (including phenoxy) is 2. The van der Waals surface area contributed by atoms with Crippen molar-refractivity contribution in [2.45, 2.75) is 38.8 Å². The van der Waals surface area contributed by atoms with Crippen LogP contribution in [0.1, 0.15) is 52.1 Å². The summed E-state index contributed by atoms with van der Waals surface area (Å²) in [5.41, 5.74) is 2.05. The van der Waals surface area contributed by atoms with Crippen molar-refractivity contribution in [3.8, 4) is 35.2 Å². The van der Waals surface area contributed by atoms with Crippen molar-refractivity contribution < 1.29 is 28.2 Å². The molecule has 1 saturated carbocycles. The number of aromatic nitrogens is 4. The lowest BCUT2D eigenvalue weighted by molar-refractivity contribution is 0.0697. The number of carbonyl (C=O) groups is 1. The van der Waals surface area contributed by atoms with Crippen LogP contribution in [0.3, 0.4) is 0 Å². The topological polar surface area (TPSA) is 147 Å². The molecule has 46 heavy (non-hydrogen) atoms. The fourth-order valence-corrected chi connectivity index (χ4v) is 5.41. The molecule has 2 heterocycles. The average molecular weight is 621 g/mol. The predicted molar refractivity (Wildman–Crippen MR) is 161 cm³/mol. The minimum absolute atomic E-state index is 0.0126. The quantitative estimate of drug-likeness (QED) is 0.182. The molecule has 6 rings (SSSR count). The number of nitrogens with zero attached hydrogens (tertiary/aromatic N) is 6. The second-order valence-electron chi connectivity index (χ2n) is 11.2. The van der Waals surface area contributed by atoms with Gasteiger partial charge in [0.15, 0.2) is 0 Å². The van der Waals surface area contributed by atoms with Crippen LogP contribution < -0.4 is 9.47 Å². The van der Waals surface area contributed by atoms with E-state index in [2.05, 4.69) is 21.0 Å². The van der Waals surface area contributed by atoms with Gasteiger partial charge in [-0.2, -0.15) is 15.5 Å². The number of nitriles is 2. The Morgan fingerprint density at radius 2 is 1.87 bits per heavy atom. The zero-order valence-corrected chi connectivity index (χ0v) is 24.6. The molecule has 230 valence electrons. The molecule has 10 nitrogen and oxygen atoms in total. The number of halogens is 2. The number of hydrogen-bond donors (Lipinski definition) is 1. The molecule has 5 aromatic rings. The average Bonchev–Trinajstić information content (AvgIpc) is 3.74. The first-order chi connectivity index (χ1) is 22.2. The molecule has 3 aromatic carbocycles. The normalized spacial score (nSPS) is 13.2. The monoisotopic (exact) mass is 620 g/mol. The molecule has 1 N–H and O–H groups in total. The first kappa shape index (κ1) is 30.2. The number of imidazole rings is 1. The van der Waals surface area contributed by atoms with E-state index in [1.54, 1.807) is 24.3 Å². The van der Waals surface area contributed by atoms with Gasteiger partial charge < -0.3 is 19.1 Å². The van der Waals surface area contributed by atoms with Gasteiger partial charge >= 0.3 is 12.0 Å². The van der Waals surface area contributed by atoms with Gasteiger partial charge in [0.1, 0.15) is 29.8 Å². The van der Waals surface area contributed by atoms with Crippen molar-refractivity contribution in [1.29, 1.82) is 10.5 Å². The Balaban J connectivity index is 1.28. The molecule has 0 saturated heterocycles. The molecular formula is C34H26F2N6O4.